The summed E-state index contributed by atoms with van der Waals surface area (Å²) in [5.41, 5.74) is 9.17. The van der Waals surface area contributed by atoms with Gasteiger partial charge in [-0.15, -0.1) is 0 Å². The van der Waals surface area contributed by atoms with E-state index in [1.54, 1.807) is 20.8 Å². The highest BCUT2D eigenvalue weighted by atomic mass is 16.6. The molecule has 3 aromatic carbocycles. The van der Waals surface area contributed by atoms with Crippen molar-refractivity contribution in [3.8, 4) is 11.1 Å². The Morgan fingerprint density at radius 2 is 1.35 bits per heavy atom. The summed E-state index contributed by atoms with van der Waals surface area (Å²) < 4.78 is 10.8. The summed E-state index contributed by atoms with van der Waals surface area (Å²) in [4.78, 5) is 37.7. The summed E-state index contributed by atoms with van der Waals surface area (Å²) in [6, 6.07) is 24.3. The highest BCUT2D eigenvalue weighted by Gasteiger charge is 2.29. The first-order valence-corrected chi connectivity index (χ1v) is 12.2. The van der Waals surface area contributed by atoms with Gasteiger partial charge in [0.2, 0.25) is 0 Å². The monoisotopic (exact) mass is 501 g/mol. The standard InChI is InChI=1S/C29H31N3O5/c1-29(2,3)37-27(34)30-25(17-19-11-5-4-6-12-19)26(33)31-32-28(35)36-18-24-22-15-9-7-13-20(22)21-14-8-10-16-23(21)24/h4-16,24-25H,17-18H2,1-3H3,(H,30,34)(H,31,33)(H,32,35)/t25-/m0/s1. The quantitative estimate of drug-likeness (QED) is 0.425. The van der Waals surface area contributed by atoms with Gasteiger partial charge in [-0.3, -0.25) is 10.2 Å². The zero-order chi connectivity index (χ0) is 26.4. The molecule has 3 N–H and O–H groups in total. The zero-order valence-electron chi connectivity index (χ0n) is 21.1. The Morgan fingerprint density at radius 1 is 0.784 bits per heavy atom. The van der Waals surface area contributed by atoms with Crippen molar-refractivity contribution < 1.29 is 23.9 Å². The van der Waals surface area contributed by atoms with Crippen LogP contribution < -0.4 is 16.2 Å². The van der Waals surface area contributed by atoms with Gasteiger partial charge < -0.3 is 14.8 Å². The van der Waals surface area contributed by atoms with Gasteiger partial charge in [0.25, 0.3) is 5.91 Å². The molecule has 37 heavy (non-hydrogen) atoms. The number of hydrogen-bond donors (Lipinski definition) is 3. The second-order valence-electron chi connectivity index (χ2n) is 9.83. The van der Waals surface area contributed by atoms with Crippen molar-refractivity contribution in [2.45, 2.75) is 44.8 Å². The Morgan fingerprint density at radius 3 is 1.95 bits per heavy atom. The van der Waals surface area contributed by atoms with Gasteiger partial charge >= 0.3 is 12.2 Å². The zero-order valence-corrected chi connectivity index (χ0v) is 21.1. The first-order chi connectivity index (χ1) is 17.7. The van der Waals surface area contributed by atoms with Crippen LogP contribution in [-0.4, -0.2) is 36.3 Å². The van der Waals surface area contributed by atoms with Gasteiger partial charge in [0.1, 0.15) is 18.2 Å². The second kappa shape index (κ2) is 11.2. The van der Waals surface area contributed by atoms with E-state index >= 15 is 0 Å². The molecule has 0 saturated heterocycles. The molecule has 0 unspecified atom stereocenters. The van der Waals surface area contributed by atoms with Crippen molar-refractivity contribution in [2.75, 3.05) is 6.61 Å². The number of rotatable bonds is 6. The summed E-state index contributed by atoms with van der Waals surface area (Å²) in [5, 5.41) is 2.58. The molecule has 192 valence electrons. The van der Waals surface area contributed by atoms with Crippen molar-refractivity contribution in [2.24, 2.45) is 0 Å². The largest absolute Gasteiger partial charge is 0.447 e. The minimum Gasteiger partial charge on any atom is -0.447 e. The molecule has 8 heteroatoms. The average molecular weight is 502 g/mol. The van der Waals surface area contributed by atoms with E-state index in [-0.39, 0.29) is 18.9 Å². The maximum atomic E-state index is 12.9. The number of benzene rings is 3. The molecule has 0 spiro atoms. The van der Waals surface area contributed by atoms with Crippen molar-refractivity contribution in [1.82, 2.24) is 16.2 Å². The molecule has 0 radical (unpaired) electrons. The molecule has 1 aliphatic carbocycles. The van der Waals surface area contributed by atoms with Gasteiger partial charge in [0, 0.05) is 12.3 Å². The van der Waals surface area contributed by atoms with E-state index in [1.165, 1.54) is 0 Å². The van der Waals surface area contributed by atoms with Crippen molar-refractivity contribution >= 4 is 18.1 Å². The third-order valence-corrected chi connectivity index (χ3v) is 5.92. The lowest BCUT2D eigenvalue weighted by Crippen LogP contribution is -2.54. The number of carbonyl (C=O) groups excluding carboxylic acids is 3. The van der Waals surface area contributed by atoms with Gasteiger partial charge in [-0.2, -0.15) is 0 Å². The molecule has 1 aliphatic rings. The number of hydrogen-bond acceptors (Lipinski definition) is 5. The Kier molecular flexibility index (Phi) is 7.77. The van der Waals surface area contributed by atoms with Crippen molar-refractivity contribution in [3.63, 3.8) is 0 Å². The molecule has 8 nitrogen and oxygen atoms in total. The van der Waals surface area contributed by atoms with E-state index in [0.717, 1.165) is 27.8 Å². The molecule has 0 heterocycles. The minimum absolute atomic E-state index is 0.103. The smallest absolute Gasteiger partial charge is 0.426 e. The molecule has 3 amide bonds. The third-order valence-electron chi connectivity index (χ3n) is 5.92. The normalized spacial score (nSPS) is 13.1. The van der Waals surface area contributed by atoms with Crippen LogP contribution in [0.25, 0.3) is 11.1 Å². The number of ether oxygens (including phenoxy) is 2. The molecule has 0 bridgehead atoms. The number of nitrogens with one attached hydrogen (secondary N) is 3. The molecule has 4 rings (SSSR count). The van der Waals surface area contributed by atoms with Crippen LogP contribution >= 0.6 is 0 Å². The molecule has 0 saturated carbocycles. The molecular weight excluding hydrogens is 470 g/mol. The highest BCUT2D eigenvalue weighted by Crippen LogP contribution is 2.44. The third kappa shape index (κ3) is 6.67. The Hall–Kier alpha value is -4.33. The van der Waals surface area contributed by atoms with E-state index in [1.807, 2.05) is 66.7 Å². The van der Waals surface area contributed by atoms with Gasteiger partial charge in [-0.1, -0.05) is 78.9 Å². The molecular formula is C29H31N3O5. The SMILES string of the molecule is CC(C)(C)OC(=O)N[C@@H](Cc1ccccc1)C(=O)NNC(=O)OCC1c2ccccc2-c2ccccc21. The number of fused-ring (bicyclic) bond motifs is 3. The number of amides is 3. The molecule has 1 atom stereocenters. The fourth-order valence-electron chi connectivity index (χ4n) is 4.34. The second-order valence-corrected chi connectivity index (χ2v) is 9.83. The van der Waals surface area contributed by atoms with Crippen molar-refractivity contribution in [1.29, 1.82) is 0 Å². The lowest BCUT2D eigenvalue weighted by molar-refractivity contribution is -0.124. The van der Waals surface area contributed by atoms with Crippen LogP contribution in [0.15, 0.2) is 78.9 Å². The van der Waals surface area contributed by atoms with Gasteiger partial charge in [0.15, 0.2) is 0 Å². The fraction of sp³-hybridized carbons (Fsp3) is 0.276. The number of carbonyl (C=O) groups is 3. The summed E-state index contributed by atoms with van der Waals surface area (Å²) in [6.45, 7) is 5.31. The van der Waals surface area contributed by atoms with E-state index in [0.29, 0.717) is 0 Å². The predicted octanol–water partition coefficient (Wildman–Crippen LogP) is 4.69. The maximum absolute atomic E-state index is 12.9. The number of alkyl carbamates (subject to hydrolysis) is 1. The van der Waals surface area contributed by atoms with Crippen LogP contribution in [-0.2, 0) is 20.7 Å². The molecule has 3 aromatic rings. The summed E-state index contributed by atoms with van der Waals surface area (Å²) in [5.74, 6) is -0.711. The lowest BCUT2D eigenvalue weighted by atomic mass is 9.98. The van der Waals surface area contributed by atoms with Gasteiger partial charge in [0.05, 0.1) is 0 Å². The minimum atomic E-state index is -0.980. The first-order valence-electron chi connectivity index (χ1n) is 12.2. The fourth-order valence-corrected chi connectivity index (χ4v) is 4.34. The highest BCUT2D eigenvalue weighted by molar-refractivity contribution is 5.87. The van der Waals surface area contributed by atoms with E-state index < -0.39 is 29.7 Å². The van der Waals surface area contributed by atoms with Crippen LogP contribution in [0, 0.1) is 0 Å². The van der Waals surface area contributed by atoms with Crippen molar-refractivity contribution in [3.05, 3.63) is 95.6 Å². The molecule has 0 fully saturated rings. The van der Waals surface area contributed by atoms with E-state index in [9.17, 15) is 14.4 Å². The summed E-state index contributed by atoms with van der Waals surface area (Å²) in [7, 11) is 0. The van der Waals surface area contributed by atoms with Crippen LogP contribution in [0.1, 0.15) is 43.4 Å². The summed E-state index contributed by atoms with van der Waals surface area (Å²) in [6.07, 6.45) is -1.33. The van der Waals surface area contributed by atoms with Crippen LogP contribution in [0.3, 0.4) is 0 Å². The summed E-state index contributed by atoms with van der Waals surface area (Å²) >= 11 is 0. The molecule has 0 aromatic heterocycles. The Bertz CT molecular complexity index is 1220. The van der Waals surface area contributed by atoms with Gasteiger partial charge in [-0.05, 0) is 48.6 Å². The number of hydrazine groups is 1. The van der Waals surface area contributed by atoms with Crippen LogP contribution in [0.2, 0.25) is 0 Å². The maximum Gasteiger partial charge on any atom is 0.426 e. The Balaban J connectivity index is 1.35. The first kappa shape index (κ1) is 25.8. The van der Waals surface area contributed by atoms with E-state index in [2.05, 4.69) is 28.3 Å². The topological polar surface area (TPSA) is 106 Å². The van der Waals surface area contributed by atoms with E-state index in [4.69, 9.17) is 9.47 Å². The van der Waals surface area contributed by atoms with Gasteiger partial charge in [-0.25, -0.2) is 15.0 Å². The van der Waals surface area contributed by atoms with Crippen LogP contribution in [0.5, 0.6) is 0 Å². The molecule has 0 aliphatic heterocycles. The van der Waals surface area contributed by atoms with Crippen LogP contribution in [0.4, 0.5) is 9.59 Å². The lowest BCUT2D eigenvalue weighted by Gasteiger charge is -2.23. The Labute approximate surface area is 216 Å². The average Bonchev–Trinajstić information content (AvgIpc) is 3.19. The predicted molar refractivity (Wildman–Crippen MR) is 140 cm³/mol.